The summed E-state index contributed by atoms with van der Waals surface area (Å²) in [5.74, 6) is 0.985. The summed E-state index contributed by atoms with van der Waals surface area (Å²) in [7, 11) is 0. The molecule has 1 aromatic carbocycles. The van der Waals surface area contributed by atoms with Crippen LogP contribution in [0.5, 0.6) is 11.5 Å². The van der Waals surface area contributed by atoms with E-state index in [9.17, 15) is 8.78 Å². The zero-order valence-electron chi connectivity index (χ0n) is 17.3. The van der Waals surface area contributed by atoms with E-state index in [4.69, 9.17) is 9.47 Å². The van der Waals surface area contributed by atoms with E-state index < -0.39 is 11.6 Å². The van der Waals surface area contributed by atoms with E-state index in [2.05, 4.69) is 19.1 Å². The number of ether oxygens (including phenoxy) is 2. The first kappa shape index (κ1) is 21.1. The van der Waals surface area contributed by atoms with Gasteiger partial charge in [-0.05, 0) is 94.6 Å². The van der Waals surface area contributed by atoms with Crippen molar-refractivity contribution in [1.29, 1.82) is 0 Å². The largest absolute Gasteiger partial charge is 0.491 e. The summed E-state index contributed by atoms with van der Waals surface area (Å²) in [4.78, 5) is 0. The molecule has 0 aromatic heterocycles. The Bertz CT molecular complexity index is 658. The zero-order valence-corrected chi connectivity index (χ0v) is 17.3. The molecule has 1 aromatic rings. The Morgan fingerprint density at radius 2 is 1.54 bits per heavy atom. The molecule has 2 aliphatic rings. The Labute approximate surface area is 168 Å². The second kappa shape index (κ2) is 10.3. The van der Waals surface area contributed by atoms with Gasteiger partial charge in [-0.25, -0.2) is 0 Å². The highest BCUT2D eigenvalue weighted by molar-refractivity contribution is 5.35. The lowest BCUT2D eigenvalue weighted by Crippen LogP contribution is -2.33. The van der Waals surface area contributed by atoms with Gasteiger partial charge in [0, 0.05) is 0 Å². The van der Waals surface area contributed by atoms with Gasteiger partial charge in [0.1, 0.15) is 0 Å². The summed E-state index contributed by atoms with van der Waals surface area (Å²) in [5.41, 5.74) is 0. The molecular formula is C24H34F2O2. The second-order valence-corrected chi connectivity index (χ2v) is 8.46. The fraction of sp³-hybridized carbons (Fsp3) is 0.667. The molecule has 0 bridgehead atoms. The Morgan fingerprint density at radius 1 is 0.929 bits per heavy atom. The van der Waals surface area contributed by atoms with Crippen LogP contribution in [-0.2, 0) is 0 Å². The summed E-state index contributed by atoms with van der Waals surface area (Å²) >= 11 is 0. The van der Waals surface area contributed by atoms with Gasteiger partial charge >= 0.3 is 0 Å². The lowest BCUT2D eigenvalue weighted by atomic mass is 9.64. The minimum absolute atomic E-state index is 0.00392. The monoisotopic (exact) mass is 392 g/mol. The third-order valence-electron chi connectivity index (χ3n) is 6.59. The van der Waals surface area contributed by atoms with E-state index in [1.807, 2.05) is 0 Å². The Hall–Kier alpha value is -1.58. The highest BCUT2D eigenvalue weighted by Gasteiger charge is 2.35. The predicted molar refractivity (Wildman–Crippen MR) is 109 cm³/mol. The molecule has 156 valence electrons. The van der Waals surface area contributed by atoms with Crippen LogP contribution in [0, 0.1) is 35.3 Å². The highest BCUT2D eigenvalue weighted by Crippen LogP contribution is 2.45. The number of hydrogen-bond donors (Lipinski definition) is 0. The molecule has 2 fully saturated rings. The van der Waals surface area contributed by atoms with Crippen LogP contribution in [-0.4, -0.2) is 13.2 Å². The van der Waals surface area contributed by atoms with Crippen molar-refractivity contribution in [2.75, 3.05) is 13.2 Å². The lowest BCUT2D eigenvalue weighted by Gasteiger charge is -2.42. The van der Waals surface area contributed by atoms with E-state index in [-0.39, 0.29) is 11.5 Å². The van der Waals surface area contributed by atoms with Crippen LogP contribution in [0.25, 0.3) is 0 Å². The second-order valence-electron chi connectivity index (χ2n) is 8.46. The van der Waals surface area contributed by atoms with Crippen LogP contribution in [0.4, 0.5) is 8.78 Å². The van der Waals surface area contributed by atoms with E-state index in [1.165, 1.54) is 50.7 Å². The summed E-state index contributed by atoms with van der Waals surface area (Å²) in [6, 6.07) is 2.92. The van der Waals surface area contributed by atoms with Crippen LogP contribution in [0.2, 0.25) is 0 Å². The van der Waals surface area contributed by atoms with E-state index in [1.54, 1.807) is 6.92 Å². The number of hydrogen-bond acceptors (Lipinski definition) is 2. The van der Waals surface area contributed by atoms with Crippen molar-refractivity contribution < 1.29 is 18.3 Å². The molecule has 0 aliphatic heterocycles. The third kappa shape index (κ3) is 5.27. The van der Waals surface area contributed by atoms with Gasteiger partial charge in [0.2, 0.25) is 11.6 Å². The van der Waals surface area contributed by atoms with Crippen LogP contribution in [0.3, 0.4) is 0 Å². The molecule has 2 saturated carbocycles. The lowest BCUT2D eigenvalue weighted by molar-refractivity contribution is 0.0743. The molecule has 4 heteroatoms. The molecule has 4 unspecified atom stereocenters. The summed E-state index contributed by atoms with van der Waals surface area (Å²) in [5, 5.41) is 0. The summed E-state index contributed by atoms with van der Waals surface area (Å²) in [6.45, 7) is 4.61. The van der Waals surface area contributed by atoms with Crippen LogP contribution in [0.1, 0.15) is 65.2 Å². The quantitative estimate of drug-likeness (QED) is 0.447. The third-order valence-corrected chi connectivity index (χ3v) is 6.59. The van der Waals surface area contributed by atoms with E-state index in [0.29, 0.717) is 19.1 Å². The number of rotatable bonds is 8. The van der Waals surface area contributed by atoms with Crippen molar-refractivity contribution in [3.8, 4) is 11.5 Å². The van der Waals surface area contributed by atoms with Gasteiger partial charge in [-0.1, -0.05) is 18.6 Å². The van der Waals surface area contributed by atoms with Crippen molar-refractivity contribution in [3.63, 3.8) is 0 Å². The molecule has 0 saturated heterocycles. The Kier molecular flexibility index (Phi) is 7.75. The Morgan fingerprint density at radius 3 is 2.18 bits per heavy atom. The molecular weight excluding hydrogens is 358 g/mol. The average Bonchev–Trinajstić information content (AvgIpc) is 2.71. The standard InChI is InChI=1S/C24H34F2O2/c1-3-5-6-7-17-8-10-20-15-18(9-11-19(20)14-17)16-28-22-13-12-21(27-4-2)23(25)24(22)26/h3,5,12-13,17-20H,4,6-11,14-16H2,1-2H3/b5-3+. The average molecular weight is 393 g/mol. The van der Waals surface area contributed by atoms with E-state index >= 15 is 0 Å². The van der Waals surface area contributed by atoms with Crippen molar-refractivity contribution in [1.82, 2.24) is 0 Å². The van der Waals surface area contributed by atoms with Gasteiger partial charge in [0.15, 0.2) is 11.5 Å². The van der Waals surface area contributed by atoms with Crippen molar-refractivity contribution in [2.45, 2.75) is 65.2 Å². The molecule has 0 radical (unpaired) electrons. The van der Waals surface area contributed by atoms with Crippen molar-refractivity contribution in [3.05, 3.63) is 35.9 Å². The molecule has 2 nitrogen and oxygen atoms in total. The maximum Gasteiger partial charge on any atom is 0.204 e. The highest BCUT2D eigenvalue weighted by atomic mass is 19.2. The first-order chi connectivity index (χ1) is 13.6. The molecule has 0 N–H and O–H groups in total. The van der Waals surface area contributed by atoms with Crippen LogP contribution < -0.4 is 9.47 Å². The molecule has 0 spiro atoms. The van der Waals surface area contributed by atoms with Crippen LogP contribution >= 0.6 is 0 Å². The predicted octanol–water partition coefficient (Wildman–Crippen LogP) is 6.93. The van der Waals surface area contributed by atoms with Gasteiger partial charge in [-0.3, -0.25) is 0 Å². The fourth-order valence-corrected chi connectivity index (χ4v) is 5.10. The zero-order chi connectivity index (χ0) is 19.9. The smallest absolute Gasteiger partial charge is 0.204 e. The number of fused-ring (bicyclic) bond motifs is 1. The molecule has 2 aliphatic carbocycles. The van der Waals surface area contributed by atoms with Gasteiger partial charge in [0.25, 0.3) is 0 Å². The SMILES string of the molecule is C/C=C/CCC1CCC2CC(COc3ccc(OCC)c(F)c3F)CCC2C1. The number of halogens is 2. The normalized spacial score (nSPS) is 27.6. The first-order valence-corrected chi connectivity index (χ1v) is 11.0. The molecule has 28 heavy (non-hydrogen) atoms. The fourth-order valence-electron chi connectivity index (χ4n) is 5.10. The Balaban J connectivity index is 1.48. The van der Waals surface area contributed by atoms with Crippen molar-refractivity contribution >= 4 is 0 Å². The van der Waals surface area contributed by atoms with Crippen molar-refractivity contribution in [2.24, 2.45) is 23.7 Å². The summed E-state index contributed by atoms with van der Waals surface area (Å²) < 4.78 is 39.0. The molecule has 0 heterocycles. The van der Waals surface area contributed by atoms with Gasteiger partial charge < -0.3 is 9.47 Å². The maximum atomic E-state index is 14.2. The minimum Gasteiger partial charge on any atom is -0.491 e. The molecule has 0 amide bonds. The number of allylic oxidation sites excluding steroid dienone is 2. The van der Waals surface area contributed by atoms with Crippen LogP contribution in [0.15, 0.2) is 24.3 Å². The maximum absolute atomic E-state index is 14.2. The molecule has 3 rings (SSSR count). The van der Waals surface area contributed by atoms with Gasteiger partial charge in [-0.15, -0.1) is 0 Å². The topological polar surface area (TPSA) is 18.5 Å². The molecule has 4 atom stereocenters. The van der Waals surface area contributed by atoms with E-state index in [0.717, 1.165) is 30.6 Å². The van der Waals surface area contributed by atoms with Gasteiger partial charge in [-0.2, -0.15) is 8.78 Å². The number of benzene rings is 1. The minimum atomic E-state index is -0.959. The van der Waals surface area contributed by atoms with Gasteiger partial charge in [0.05, 0.1) is 13.2 Å². The first-order valence-electron chi connectivity index (χ1n) is 11.0. The summed E-state index contributed by atoms with van der Waals surface area (Å²) in [6.07, 6.45) is 14.5.